The van der Waals surface area contributed by atoms with E-state index < -0.39 is 0 Å². The molecule has 11 rings (SSSR count). The largest absolute Gasteiger partial charge is 0.422 e. The Kier molecular flexibility index (Phi) is 5.23. The molecule has 48 heavy (non-hydrogen) atoms. The minimum absolute atomic E-state index is 0.565. The van der Waals surface area contributed by atoms with Crippen LogP contribution in [-0.4, -0.2) is 14.1 Å². The standard InChI is InChI=1S/C43H25N3OS/c1-3-13-26(14-4-1)33-25-34-41(38-32-19-9-12-22-37(32)48-42(33)38)47-43(44-34)46-36-21-11-8-18-29(36)31-24-23-30-28-17-7-10-20-35(28)45(39(30)40(31)46)27-15-5-2-6-16-27/h1-25H. The first-order valence-electron chi connectivity index (χ1n) is 16.1. The van der Waals surface area contributed by atoms with E-state index in [0.29, 0.717) is 6.01 Å². The van der Waals surface area contributed by atoms with Gasteiger partial charge < -0.3 is 8.98 Å². The molecule has 0 aliphatic rings. The van der Waals surface area contributed by atoms with Gasteiger partial charge in [0.15, 0.2) is 5.58 Å². The molecule has 0 atom stereocenters. The van der Waals surface area contributed by atoms with Crippen LogP contribution in [0, 0.1) is 0 Å². The molecule has 0 spiro atoms. The molecule has 7 aromatic carbocycles. The molecule has 0 aliphatic carbocycles. The third-order valence-electron chi connectivity index (χ3n) is 9.75. The van der Waals surface area contributed by atoms with E-state index in [-0.39, 0.29) is 0 Å². The lowest BCUT2D eigenvalue weighted by atomic mass is 10.0. The van der Waals surface area contributed by atoms with Crippen molar-refractivity contribution in [2.45, 2.75) is 0 Å². The second kappa shape index (κ2) is 9.67. The third kappa shape index (κ3) is 3.46. The molecule has 0 saturated heterocycles. The zero-order valence-corrected chi connectivity index (χ0v) is 26.4. The van der Waals surface area contributed by atoms with E-state index in [4.69, 9.17) is 9.40 Å². The lowest BCUT2D eigenvalue weighted by Crippen LogP contribution is -1.98. The normalized spacial score (nSPS) is 12.2. The maximum Gasteiger partial charge on any atom is 0.307 e. The van der Waals surface area contributed by atoms with Crippen LogP contribution in [0.25, 0.3) is 97.7 Å². The van der Waals surface area contributed by atoms with Crippen LogP contribution in [0.3, 0.4) is 0 Å². The summed E-state index contributed by atoms with van der Waals surface area (Å²) in [4.78, 5) is 5.33. The molecule has 224 valence electrons. The van der Waals surface area contributed by atoms with Crippen LogP contribution in [0.4, 0.5) is 0 Å². The van der Waals surface area contributed by atoms with Gasteiger partial charge in [0.05, 0.1) is 22.1 Å². The fourth-order valence-electron chi connectivity index (χ4n) is 7.73. The Hall–Kier alpha value is -6.17. The highest BCUT2D eigenvalue weighted by molar-refractivity contribution is 7.26. The summed E-state index contributed by atoms with van der Waals surface area (Å²) in [6.45, 7) is 0. The maximum atomic E-state index is 7.02. The highest BCUT2D eigenvalue weighted by Gasteiger charge is 2.25. The number of hydrogen-bond acceptors (Lipinski definition) is 3. The Morgan fingerprint density at radius 2 is 1.10 bits per heavy atom. The van der Waals surface area contributed by atoms with Gasteiger partial charge in [-0.1, -0.05) is 115 Å². The topological polar surface area (TPSA) is 35.9 Å². The monoisotopic (exact) mass is 631 g/mol. The Morgan fingerprint density at radius 3 is 1.83 bits per heavy atom. The first kappa shape index (κ1) is 26.0. The van der Waals surface area contributed by atoms with Crippen LogP contribution in [0.15, 0.2) is 156 Å². The predicted octanol–water partition coefficient (Wildman–Crippen LogP) is 12.1. The lowest BCUT2D eigenvalue weighted by molar-refractivity contribution is 0.577. The van der Waals surface area contributed by atoms with Gasteiger partial charge in [-0.15, -0.1) is 11.3 Å². The summed E-state index contributed by atoms with van der Waals surface area (Å²) in [6.07, 6.45) is 0. The van der Waals surface area contributed by atoms with E-state index in [0.717, 1.165) is 49.5 Å². The van der Waals surface area contributed by atoms with Gasteiger partial charge in [-0.2, -0.15) is 4.98 Å². The number of para-hydroxylation sites is 3. The summed E-state index contributed by atoms with van der Waals surface area (Å²) in [5.74, 6) is 0. The number of fused-ring (bicyclic) bond motifs is 12. The Labute approximate surface area is 278 Å². The number of hydrogen-bond donors (Lipinski definition) is 0. The second-order valence-corrected chi connectivity index (χ2v) is 13.4. The summed E-state index contributed by atoms with van der Waals surface area (Å²) in [7, 11) is 0. The van der Waals surface area contributed by atoms with Crippen molar-refractivity contribution in [3.63, 3.8) is 0 Å². The van der Waals surface area contributed by atoms with E-state index in [2.05, 4.69) is 161 Å². The van der Waals surface area contributed by atoms with Gasteiger partial charge in [0.1, 0.15) is 5.52 Å². The molecular formula is C43H25N3OS. The quantitative estimate of drug-likeness (QED) is 0.194. The summed E-state index contributed by atoms with van der Waals surface area (Å²) in [6, 6.07) is 54.5. The van der Waals surface area contributed by atoms with Crippen molar-refractivity contribution < 1.29 is 4.42 Å². The number of aromatic nitrogens is 3. The average molecular weight is 632 g/mol. The van der Waals surface area contributed by atoms with Crippen molar-refractivity contribution in [3.05, 3.63) is 152 Å². The van der Waals surface area contributed by atoms with Crippen LogP contribution in [0.1, 0.15) is 0 Å². The van der Waals surface area contributed by atoms with Crippen molar-refractivity contribution in [3.8, 4) is 22.8 Å². The molecule has 0 N–H and O–H groups in total. The molecule has 0 saturated carbocycles. The highest BCUT2D eigenvalue weighted by atomic mass is 32.1. The number of thiophene rings is 1. The first-order valence-corrected chi connectivity index (χ1v) is 17.0. The predicted molar refractivity (Wildman–Crippen MR) is 201 cm³/mol. The van der Waals surface area contributed by atoms with E-state index in [1.165, 1.54) is 42.2 Å². The molecule has 0 fully saturated rings. The number of benzene rings is 7. The minimum Gasteiger partial charge on any atom is -0.422 e. The second-order valence-electron chi connectivity index (χ2n) is 12.3. The SMILES string of the molecule is c1ccc(-c2cc3nc(-n4c5ccccc5c5ccc6c7ccccc7n(-c7ccccc7)c6c54)oc3c3c2sc2ccccc23)cc1. The summed E-state index contributed by atoms with van der Waals surface area (Å²) < 4.78 is 14.1. The van der Waals surface area contributed by atoms with Crippen LogP contribution in [0.5, 0.6) is 0 Å². The Balaban J connectivity index is 1.32. The molecule has 4 heterocycles. The highest BCUT2D eigenvalue weighted by Crippen LogP contribution is 2.46. The van der Waals surface area contributed by atoms with Gasteiger partial charge in [-0.05, 0) is 42.0 Å². The smallest absolute Gasteiger partial charge is 0.307 e. The number of oxazole rings is 1. The lowest BCUT2D eigenvalue weighted by Gasteiger charge is -2.10. The van der Waals surface area contributed by atoms with Crippen LogP contribution < -0.4 is 0 Å². The fraction of sp³-hybridized carbons (Fsp3) is 0. The first-order chi connectivity index (χ1) is 23.8. The van der Waals surface area contributed by atoms with E-state index in [1.807, 2.05) is 11.3 Å². The molecule has 0 aliphatic heterocycles. The molecule has 0 radical (unpaired) electrons. The molecule has 0 bridgehead atoms. The number of nitrogens with zero attached hydrogens (tertiary/aromatic N) is 3. The van der Waals surface area contributed by atoms with Gasteiger partial charge >= 0.3 is 6.01 Å². The van der Waals surface area contributed by atoms with Crippen molar-refractivity contribution >= 4 is 86.2 Å². The third-order valence-corrected chi connectivity index (χ3v) is 11.0. The molecule has 11 aromatic rings. The fourth-order valence-corrected chi connectivity index (χ4v) is 8.97. The van der Waals surface area contributed by atoms with Gasteiger partial charge in [-0.25, -0.2) is 0 Å². The average Bonchev–Trinajstić information content (AvgIpc) is 3.91. The van der Waals surface area contributed by atoms with E-state index in [9.17, 15) is 0 Å². The Morgan fingerprint density at radius 1 is 0.521 bits per heavy atom. The van der Waals surface area contributed by atoms with Crippen LogP contribution >= 0.6 is 11.3 Å². The van der Waals surface area contributed by atoms with Crippen LogP contribution in [-0.2, 0) is 0 Å². The van der Waals surface area contributed by atoms with Crippen molar-refractivity contribution in [1.29, 1.82) is 0 Å². The summed E-state index contributed by atoms with van der Waals surface area (Å²) in [5.41, 5.74) is 9.57. The molecule has 4 nitrogen and oxygen atoms in total. The zero-order chi connectivity index (χ0) is 31.3. The Bertz CT molecular complexity index is 3050. The zero-order valence-electron chi connectivity index (χ0n) is 25.6. The van der Waals surface area contributed by atoms with Gasteiger partial charge in [-0.3, -0.25) is 4.57 Å². The van der Waals surface area contributed by atoms with Crippen molar-refractivity contribution in [2.75, 3.05) is 0 Å². The van der Waals surface area contributed by atoms with Crippen molar-refractivity contribution in [1.82, 2.24) is 14.1 Å². The maximum absolute atomic E-state index is 7.02. The molecule has 0 amide bonds. The minimum atomic E-state index is 0.565. The summed E-state index contributed by atoms with van der Waals surface area (Å²) in [5, 5.41) is 7.05. The van der Waals surface area contributed by atoms with Gasteiger partial charge in [0, 0.05) is 53.0 Å². The van der Waals surface area contributed by atoms with Gasteiger partial charge in [0.2, 0.25) is 0 Å². The summed E-state index contributed by atoms with van der Waals surface area (Å²) >= 11 is 1.82. The van der Waals surface area contributed by atoms with E-state index in [1.54, 1.807) is 0 Å². The molecular weight excluding hydrogens is 607 g/mol. The molecule has 4 aromatic heterocycles. The number of rotatable bonds is 3. The van der Waals surface area contributed by atoms with Crippen molar-refractivity contribution in [2.24, 2.45) is 0 Å². The molecule has 5 heteroatoms. The van der Waals surface area contributed by atoms with E-state index >= 15 is 0 Å². The van der Waals surface area contributed by atoms with Gasteiger partial charge in [0.25, 0.3) is 0 Å². The molecule has 0 unspecified atom stereocenters. The van der Waals surface area contributed by atoms with Crippen LogP contribution in [0.2, 0.25) is 0 Å².